The van der Waals surface area contributed by atoms with Crippen LogP contribution in [-0.4, -0.2) is 22.0 Å². The molecule has 0 aliphatic rings. The van der Waals surface area contributed by atoms with Crippen LogP contribution >= 0.6 is 11.3 Å². The summed E-state index contributed by atoms with van der Waals surface area (Å²) < 4.78 is 10.9. The maximum atomic E-state index is 12.6. The van der Waals surface area contributed by atoms with E-state index < -0.39 is 5.91 Å². The summed E-state index contributed by atoms with van der Waals surface area (Å²) in [5, 5.41) is 8.67. The number of rotatable bonds is 7. The van der Waals surface area contributed by atoms with Crippen LogP contribution in [0.4, 0.5) is 5.13 Å². The van der Waals surface area contributed by atoms with Crippen molar-refractivity contribution in [2.45, 2.75) is 26.9 Å². The summed E-state index contributed by atoms with van der Waals surface area (Å²) in [6.45, 7) is 3.88. The molecule has 0 aliphatic heterocycles. The number of carbonyl (C=O) groups excluding carboxylic acids is 2. The van der Waals surface area contributed by atoms with Crippen molar-refractivity contribution in [1.82, 2.24) is 10.1 Å². The number of aryl methyl sites for hydroxylation is 2. The predicted molar refractivity (Wildman–Crippen MR) is 99.7 cm³/mol. The molecule has 0 bridgehead atoms. The fourth-order valence-electron chi connectivity index (χ4n) is 2.43. The second kappa shape index (κ2) is 8.00. The monoisotopic (exact) mass is 386 g/mol. The van der Waals surface area contributed by atoms with Gasteiger partial charge in [0.05, 0.1) is 28.9 Å². The standard InChI is InChI=1S/C18H18N4O4S/c1-10-14(11(2)26-22-10)8-25-15-6-4-3-5-13(15)17(24)21-18-20-12(9-27-18)7-16(19)23/h3-6,9H,7-8H2,1-2H3,(H2,19,23)(H,20,21,24). The Labute approximate surface area is 159 Å². The normalized spacial score (nSPS) is 10.6. The van der Waals surface area contributed by atoms with Crippen LogP contribution in [-0.2, 0) is 17.8 Å². The summed E-state index contributed by atoms with van der Waals surface area (Å²) in [7, 11) is 0. The first-order valence-corrected chi connectivity index (χ1v) is 8.99. The first-order chi connectivity index (χ1) is 12.9. The zero-order valence-electron chi connectivity index (χ0n) is 14.8. The number of anilines is 1. The summed E-state index contributed by atoms with van der Waals surface area (Å²) in [5.74, 6) is 0.281. The molecule has 0 atom stereocenters. The molecule has 0 saturated carbocycles. The van der Waals surface area contributed by atoms with Gasteiger partial charge in [0.15, 0.2) is 5.13 Å². The number of para-hydroxylation sites is 1. The predicted octanol–water partition coefficient (Wildman–Crippen LogP) is 2.61. The molecule has 2 amide bonds. The Morgan fingerprint density at radius 3 is 2.78 bits per heavy atom. The van der Waals surface area contributed by atoms with Crippen molar-refractivity contribution in [3.05, 3.63) is 57.9 Å². The third-order valence-electron chi connectivity index (χ3n) is 3.81. The van der Waals surface area contributed by atoms with E-state index in [0.717, 1.165) is 11.3 Å². The van der Waals surface area contributed by atoms with E-state index in [2.05, 4.69) is 15.5 Å². The van der Waals surface area contributed by atoms with Gasteiger partial charge >= 0.3 is 0 Å². The van der Waals surface area contributed by atoms with Crippen LogP contribution in [0.2, 0.25) is 0 Å². The van der Waals surface area contributed by atoms with E-state index in [0.29, 0.717) is 27.9 Å². The second-order valence-electron chi connectivity index (χ2n) is 5.83. The van der Waals surface area contributed by atoms with Crippen molar-refractivity contribution in [3.63, 3.8) is 0 Å². The molecule has 2 aromatic heterocycles. The van der Waals surface area contributed by atoms with E-state index in [1.807, 2.05) is 13.8 Å². The lowest BCUT2D eigenvalue weighted by Crippen LogP contribution is -2.15. The lowest BCUT2D eigenvalue weighted by Gasteiger charge is -2.10. The van der Waals surface area contributed by atoms with Gasteiger partial charge in [0.25, 0.3) is 5.91 Å². The van der Waals surface area contributed by atoms with Gasteiger partial charge in [-0.2, -0.15) is 0 Å². The van der Waals surface area contributed by atoms with Crippen LogP contribution in [0.15, 0.2) is 34.2 Å². The van der Waals surface area contributed by atoms with Crippen LogP contribution in [0.3, 0.4) is 0 Å². The third-order valence-corrected chi connectivity index (χ3v) is 4.62. The molecule has 8 nitrogen and oxygen atoms in total. The molecule has 140 valence electrons. The quantitative estimate of drug-likeness (QED) is 0.644. The molecule has 0 fully saturated rings. The SMILES string of the molecule is Cc1noc(C)c1COc1ccccc1C(=O)Nc1nc(CC(N)=O)cs1. The first kappa shape index (κ1) is 18.6. The van der Waals surface area contributed by atoms with Crippen LogP contribution in [0, 0.1) is 13.8 Å². The zero-order chi connectivity index (χ0) is 19.4. The van der Waals surface area contributed by atoms with Gasteiger partial charge in [0.2, 0.25) is 5.91 Å². The summed E-state index contributed by atoms with van der Waals surface area (Å²) >= 11 is 1.22. The van der Waals surface area contributed by atoms with Gasteiger partial charge in [-0.15, -0.1) is 11.3 Å². The molecule has 3 rings (SSSR count). The molecule has 0 saturated heterocycles. The summed E-state index contributed by atoms with van der Waals surface area (Å²) in [5.41, 5.74) is 7.64. The maximum Gasteiger partial charge on any atom is 0.261 e. The highest BCUT2D eigenvalue weighted by Gasteiger charge is 2.16. The van der Waals surface area contributed by atoms with E-state index >= 15 is 0 Å². The Morgan fingerprint density at radius 1 is 1.30 bits per heavy atom. The molecule has 3 N–H and O–H groups in total. The van der Waals surface area contributed by atoms with Crippen molar-refractivity contribution in [1.29, 1.82) is 0 Å². The number of thiazole rings is 1. The molecule has 1 aromatic carbocycles. The number of ether oxygens (including phenoxy) is 1. The number of nitrogens with one attached hydrogen (secondary N) is 1. The number of hydrogen-bond acceptors (Lipinski definition) is 7. The average molecular weight is 386 g/mol. The highest BCUT2D eigenvalue weighted by molar-refractivity contribution is 7.14. The largest absolute Gasteiger partial charge is 0.488 e. The first-order valence-electron chi connectivity index (χ1n) is 8.11. The van der Waals surface area contributed by atoms with E-state index in [9.17, 15) is 9.59 Å². The number of carbonyl (C=O) groups is 2. The van der Waals surface area contributed by atoms with Gasteiger partial charge in [-0.05, 0) is 26.0 Å². The van der Waals surface area contributed by atoms with Crippen molar-refractivity contribution in [3.8, 4) is 5.75 Å². The Balaban J connectivity index is 1.72. The minimum atomic E-state index is -0.476. The Hall–Kier alpha value is -3.20. The van der Waals surface area contributed by atoms with Gasteiger partial charge in [0.1, 0.15) is 18.1 Å². The van der Waals surface area contributed by atoms with E-state index in [1.54, 1.807) is 29.6 Å². The molecular formula is C18H18N4O4S. The molecule has 9 heteroatoms. The summed E-state index contributed by atoms with van der Waals surface area (Å²) in [4.78, 5) is 27.7. The highest BCUT2D eigenvalue weighted by Crippen LogP contribution is 2.23. The highest BCUT2D eigenvalue weighted by atomic mass is 32.1. The zero-order valence-corrected chi connectivity index (χ0v) is 15.6. The molecule has 0 unspecified atom stereocenters. The van der Waals surface area contributed by atoms with Gasteiger partial charge in [0, 0.05) is 5.38 Å². The number of nitrogens with two attached hydrogens (primary N) is 1. The Morgan fingerprint density at radius 2 is 2.07 bits per heavy atom. The topological polar surface area (TPSA) is 120 Å². The molecule has 3 aromatic rings. The van der Waals surface area contributed by atoms with Gasteiger partial charge in [-0.25, -0.2) is 4.98 Å². The number of primary amides is 1. The fourth-order valence-corrected chi connectivity index (χ4v) is 3.13. The maximum absolute atomic E-state index is 12.6. The van der Waals surface area contributed by atoms with E-state index in [1.165, 1.54) is 11.3 Å². The van der Waals surface area contributed by atoms with Gasteiger partial charge in [-0.3, -0.25) is 14.9 Å². The van der Waals surface area contributed by atoms with Crippen molar-refractivity contribution < 1.29 is 18.8 Å². The van der Waals surface area contributed by atoms with Crippen molar-refractivity contribution >= 4 is 28.3 Å². The summed E-state index contributed by atoms with van der Waals surface area (Å²) in [6.07, 6.45) is 0.0313. The fraction of sp³-hybridized carbons (Fsp3) is 0.222. The number of nitrogens with zero attached hydrogens (tertiary/aromatic N) is 2. The number of aromatic nitrogens is 2. The van der Waals surface area contributed by atoms with Gasteiger partial charge in [-0.1, -0.05) is 17.3 Å². The Kier molecular flexibility index (Phi) is 5.51. The molecule has 2 heterocycles. The van der Waals surface area contributed by atoms with Gasteiger partial charge < -0.3 is 15.0 Å². The molecule has 0 spiro atoms. The lowest BCUT2D eigenvalue weighted by molar-refractivity contribution is -0.117. The van der Waals surface area contributed by atoms with E-state index in [4.69, 9.17) is 15.0 Å². The number of amides is 2. The average Bonchev–Trinajstić information content (AvgIpc) is 3.19. The molecule has 0 radical (unpaired) electrons. The van der Waals surface area contributed by atoms with Crippen molar-refractivity contribution in [2.75, 3.05) is 5.32 Å². The van der Waals surface area contributed by atoms with E-state index in [-0.39, 0.29) is 18.9 Å². The summed E-state index contributed by atoms with van der Waals surface area (Å²) in [6, 6.07) is 6.91. The molecule has 0 aliphatic carbocycles. The van der Waals surface area contributed by atoms with Crippen LogP contribution in [0.1, 0.15) is 33.1 Å². The van der Waals surface area contributed by atoms with Crippen LogP contribution in [0.5, 0.6) is 5.75 Å². The van der Waals surface area contributed by atoms with Crippen LogP contribution in [0.25, 0.3) is 0 Å². The minimum Gasteiger partial charge on any atom is -0.488 e. The third kappa shape index (κ3) is 4.50. The molecule has 27 heavy (non-hydrogen) atoms. The minimum absolute atomic E-state index is 0.0313. The molecular weight excluding hydrogens is 368 g/mol. The second-order valence-corrected chi connectivity index (χ2v) is 6.69. The number of hydrogen-bond donors (Lipinski definition) is 2. The smallest absolute Gasteiger partial charge is 0.261 e. The Bertz CT molecular complexity index is 960. The van der Waals surface area contributed by atoms with Crippen molar-refractivity contribution in [2.24, 2.45) is 5.73 Å². The van der Waals surface area contributed by atoms with Crippen LogP contribution < -0.4 is 15.8 Å². The number of benzene rings is 1. The lowest BCUT2D eigenvalue weighted by atomic mass is 10.2.